The van der Waals surface area contributed by atoms with E-state index in [1.165, 1.54) is 0 Å². The number of amides is 1. The van der Waals surface area contributed by atoms with E-state index < -0.39 is 0 Å². The number of hydrogen-bond donors (Lipinski definition) is 1. The summed E-state index contributed by atoms with van der Waals surface area (Å²) in [7, 11) is 0. The Bertz CT molecular complexity index is 403. The molecule has 1 aliphatic rings. The average molecular weight is 285 g/mol. The van der Waals surface area contributed by atoms with Crippen LogP contribution in [0.2, 0.25) is 0 Å². The zero-order valence-electron chi connectivity index (χ0n) is 8.78. The lowest BCUT2D eigenvalue weighted by atomic mass is 10.1. The number of halogens is 1. The summed E-state index contributed by atoms with van der Waals surface area (Å²) in [6.07, 6.45) is 0. The Morgan fingerprint density at radius 1 is 1.38 bits per heavy atom. The van der Waals surface area contributed by atoms with Gasteiger partial charge >= 0.3 is 0 Å². The average Bonchev–Trinajstić information content (AvgIpc) is 2.33. The van der Waals surface area contributed by atoms with E-state index in [1.807, 2.05) is 12.1 Å². The van der Waals surface area contributed by atoms with Crippen LogP contribution in [0.25, 0.3) is 0 Å². The molecule has 1 aromatic carbocycles. The van der Waals surface area contributed by atoms with Crippen molar-refractivity contribution in [2.45, 2.75) is 0 Å². The Morgan fingerprint density at radius 2 is 2.06 bits per heavy atom. The number of benzene rings is 1. The normalized spacial score (nSPS) is 16.2. The minimum Gasteiger partial charge on any atom is -0.397 e. The molecule has 1 aromatic rings. The van der Waals surface area contributed by atoms with Crippen LogP contribution in [0.1, 0.15) is 10.4 Å². The van der Waals surface area contributed by atoms with E-state index in [2.05, 4.69) is 15.9 Å². The van der Waals surface area contributed by atoms with Crippen LogP contribution in [0.3, 0.4) is 0 Å². The fourth-order valence-electron chi connectivity index (χ4n) is 1.66. The van der Waals surface area contributed by atoms with Gasteiger partial charge in [-0.1, -0.05) is 6.07 Å². The molecule has 1 saturated heterocycles. The lowest BCUT2D eigenvalue weighted by Gasteiger charge is -2.27. The smallest absolute Gasteiger partial charge is 0.256 e. The van der Waals surface area contributed by atoms with Gasteiger partial charge < -0.3 is 15.4 Å². The minimum absolute atomic E-state index is 0.0258. The molecule has 0 radical (unpaired) electrons. The van der Waals surface area contributed by atoms with Gasteiger partial charge in [-0.05, 0) is 28.1 Å². The van der Waals surface area contributed by atoms with Crippen molar-refractivity contribution in [1.29, 1.82) is 0 Å². The zero-order valence-corrected chi connectivity index (χ0v) is 10.4. The van der Waals surface area contributed by atoms with E-state index in [9.17, 15) is 4.79 Å². The van der Waals surface area contributed by atoms with Gasteiger partial charge in [-0.25, -0.2) is 0 Å². The number of morpholine rings is 1. The molecule has 0 atom stereocenters. The quantitative estimate of drug-likeness (QED) is 0.796. The number of ether oxygens (including phenoxy) is 1. The maximum Gasteiger partial charge on any atom is 0.256 e. The molecule has 0 spiro atoms. The predicted molar refractivity (Wildman–Crippen MR) is 65.3 cm³/mol. The molecule has 2 N–H and O–H groups in total. The summed E-state index contributed by atoms with van der Waals surface area (Å²) < 4.78 is 5.96. The molecule has 1 aliphatic heterocycles. The molecule has 5 heteroatoms. The zero-order chi connectivity index (χ0) is 11.5. The van der Waals surface area contributed by atoms with Crippen molar-refractivity contribution in [2.75, 3.05) is 32.0 Å². The van der Waals surface area contributed by atoms with Crippen molar-refractivity contribution in [2.24, 2.45) is 0 Å². The highest BCUT2D eigenvalue weighted by atomic mass is 79.9. The van der Waals surface area contributed by atoms with E-state index in [0.717, 1.165) is 4.47 Å². The Hall–Kier alpha value is -1.07. The number of nitrogens with two attached hydrogens (primary N) is 1. The summed E-state index contributed by atoms with van der Waals surface area (Å²) in [5.74, 6) is -0.0258. The van der Waals surface area contributed by atoms with Crippen molar-refractivity contribution in [3.63, 3.8) is 0 Å². The van der Waals surface area contributed by atoms with Crippen molar-refractivity contribution in [1.82, 2.24) is 4.90 Å². The molecule has 4 nitrogen and oxygen atoms in total. The van der Waals surface area contributed by atoms with Crippen LogP contribution < -0.4 is 5.73 Å². The highest BCUT2D eigenvalue weighted by Crippen LogP contribution is 2.24. The molecule has 1 heterocycles. The monoisotopic (exact) mass is 284 g/mol. The first kappa shape index (κ1) is 11.4. The number of hydrogen-bond acceptors (Lipinski definition) is 3. The van der Waals surface area contributed by atoms with Crippen molar-refractivity contribution in [3.05, 3.63) is 28.2 Å². The fourth-order valence-corrected chi connectivity index (χ4v) is 2.03. The molecule has 1 fully saturated rings. The highest BCUT2D eigenvalue weighted by molar-refractivity contribution is 9.10. The summed E-state index contributed by atoms with van der Waals surface area (Å²) in [5, 5.41) is 0. The van der Waals surface area contributed by atoms with Gasteiger partial charge in [0.15, 0.2) is 0 Å². The molecule has 0 bridgehead atoms. The molecular formula is C11H13BrN2O2. The van der Waals surface area contributed by atoms with Crippen LogP contribution in [0, 0.1) is 0 Å². The van der Waals surface area contributed by atoms with E-state index >= 15 is 0 Å². The van der Waals surface area contributed by atoms with E-state index in [1.54, 1.807) is 11.0 Å². The third-order valence-corrected chi connectivity index (χ3v) is 3.27. The molecule has 16 heavy (non-hydrogen) atoms. The van der Waals surface area contributed by atoms with E-state index in [4.69, 9.17) is 10.5 Å². The number of para-hydroxylation sites is 1. The van der Waals surface area contributed by atoms with Crippen molar-refractivity contribution in [3.8, 4) is 0 Å². The molecule has 2 rings (SSSR count). The maximum atomic E-state index is 12.1. The number of carbonyl (C=O) groups excluding carboxylic acids is 1. The second-order valence-electron chi connectivity index (χ2n) is 3.61. The van der Waals surface area contributed by atoms with Gasteiger partial charge in [0.2, 0.25) is 0 Å². The molecule has 0 unspecified atom stereocenters. The number of rotatable bonds is 1. The van der Waals surface area contributed by atoms with Gasteiger partial charge in [0.05, 0.1) is 24.5 Å². The Kier molecular flexibility index (Phi) is 3.46. The van der Waals surface area contributed by atoms with Crippen LogP contribution in [0.5, 0.6) is 0 Å². The molecule has 0 saturated carbocycles. The van der Waals surface area contributed by atoms with Crippen LogP contribution in [-0.2, 0) is 4.74 Å². The van der Waals surface area contributed by atoms with Gasteiger partial charge in [0.25, 0.3) is 5.91 Å². The lowest BCUT2D eigenvalue weighted by molar-refractivity contribution is 0.0303. The maximum absolute atomic E-state index is 12.1. The summed E-state index contributed by atoms with van der Waals surface area (Å²) in [6, 6.07) is 5.39. The number of carbonyl (C=O) groups is 1. The number of nitrogens with zero attached hydrogens (tertiary/aromatic N) is 1. The van der Waals surface area contributed by atoms with Crippen molar-refractivity contribution >= 4 is 27.5 Å². The molecular weight excluding hydrogens is 272 g/mol. The van der Waals surface area contributed by atoms with Crippen LogP contribution in [0.15, 0.2) is 22.7 Å². The summed E-state index contributed by atoms with van der Waals surface area (Å²) >= 11 is 3.32. The van der Waals surface area contributed by atoms with Crippen LogP contribution in [-0.4, -0.2) is 37.1 Å². The predicted octanol–water partition coefficient (Wildman–Crippen LogP) is 1.50. The minimum atomic E-state index is -0.0258. The van der Waals surface area contributed by atoms with Crippen LogP contribution in [0.4, 0.5) is 5.69 Å². The van der Waals surface area contributed by atoms with Gasteiger partial charge in [0.1, 0.15) is 0 Å². The second-order valence-corrected chi connectivity index (χ2v) is 4.46. The lowest BCUT2D eigenvalue weighted by Crippen LogP contribution is -2.40. The third-order valence-electron chi connectivity index (χ3n) is 2.58. The topological polar surface area (TPSA) is 55.6 Å². The summed E-state index contributed by atoms with van der Waals surface area (Å²) in [6.45, 7) is 2.45. The van der Waals surface area contributed by atoms with Crippen LogP contribution >= 0.6 is 15.9 Å². The van der Waals surface area contributed by atoms with Gasteiger partial charge in [-0.2, -0.15) is 0 Å². The number of nitrogen functional groups attached to an aromatic ring is 1. The van der Waals surface area contributed by atoms with Gasteiger partial charge in [0, 0.05) is 17.6 Å². The Morgan fingerprint density at radius 3 is 2.75 bits per heavy atom. The Balaban J connectivity index is 2.22. The van der Waals surface area contributed by atoms with E-state index in [-0.39, 0.29) is 5.91 Å². The largest absolute Gasteiger partial charge is 0.397 e. The first-order valence-electron chi connectivity index (χ1n) is 5.11. The second kappa shape index (κ2) is 4.84. The molecule has 0 aliphatic carbocycles. The first-order chi connectivity index (χ1) is 7.70. The molecule has 0 aromatic heterocycles. The SMILES string of the molecule is Nc1c(Br)cccc1C(=O)N1CCOCC1. The summed E-state index contributed by atoms with van der Waals surface area (Å²) in [5.41, 5.74) is 6.92. The highest BCUT2D eigenvalue weighted by Gasteiger charge is 2.20. The van der Waals surface area contributed by atoms with Crippen molar-refractivity contribution < 1.29 is 9.53 Å². The number of anilines is 1. The first-order valence-corrected chi connectivity index (χ1v) is 5.90. The summed E-state index contributed by atoms with van der Waals surface area (Å²) in [4.78, 5) is 13.9. The fraction of sp³-hybridized carbons (Fsp3) is 0.364. The van der Waals surface area contributed by atoms with Gasteiger partial charge in [-0.15, -0.1) is 0 Å². The Labute approximate surface area is 102 Å². The third kappa shape index (κ3) is 2.20. The van der Waals surface area contributed by atoms with E-state index in [0.29, 0.717) is 37.6 Å². The molecule has 1 amide bonds. The standard InChI is InChI=1S/C11H13BrN2O2/c12-9-3-1-2-8(10(9)13)11(15)14-4-6-16-7-5-14/h1-3H,4-7,13H2. The molecule has 86 valence electrons. The van der Waals surface area contributed by atoms with Gasteiger partial charge in [-0.3, -0.25) is 4.79 Å².